The first-order valence-corrected chi connectivity index (χ1v) is 10.8. The molecule has 0 aliphatic rings. The van der Waals surface area contributed by atoms with Gasteiger partial charge in [-0.2, -0.15) is 0 Å². The zero-order chi connectivity index (χ0) is 24.4. The maximum Gasteiger partial charge on any atom is 0.338 e. The van der Waals surface area contributed by atoms with Gasteiger partial charge in [-0.15, -0.1) is 0 Å². The van der Waals surface area contributed by atoms with Gasteiger partial charge in [0.25, 0.3) is 5.91 Å². The summed E-state index contributed by atoms with van der Waals surface area (Å²) in [5.74, 6) is -1.90. The Hall–Kier alpha value is -3.39. The van der Waals surface area contributed by atoms with E-state index in [0.29, 0.717) is 34.1 Å². The second-order valence-electron chi connectivity index (χ2n) is 7.74. The molecule has 2 amide bonds. The first-order valence-electron chi connectivity index (χ1n) is 10.4. The lowest BCUT2D eigenvalue weighted by atomic mass is 10.2. The van der Waals surface area contributed by atoms with Crippen molar-refractivity contribution in [3.63, 3.8) is 0 Å². The minimum Gasteiger partial charge on any atom is -0.462 e. The second-order valence-corrected chi connectivity index (χ2v) is 8.15. The molecule has 8 nitrogen and oxygen atoms in total. The van der Waals surface area contributed by atoms with Crippen LogP contribution < -0.4 is 10.6 Å². The highest BCUT2D eigenvalue weighted by Crippen LogP contribution is 2.22. The van der Waals surface area contributed by atoms with Crippen molar-refractivity contribution in [1.29, 1.82) is 0 Å². The Kier molecular flexibility index (Phi) is 9.87. The lowest BCUT2D eigenvalue weighted by molar-refractivity contribution is -0.147. The van der Waals surface area contributed by atoms with Crippen molar-refractivity contribution in [1.82, 2.24) is 0 Å². The van der Waals surface area contributed by atoms with Crippen LogP contribution in [0.2, 0.25) is 5.02 Å². The number of amides is 2. The molecule has 2 N–H and O–H groups in total. The monoisotopic (exact) mass is 474 g/mol. The quantitative estimate of drug-likeness (QED) is 0.495. The molecule has 0 atom stereocenters. The van der Waals surface area contributed by atoms with Gasteiger partial charge in [0.05, 0.1) is 18.6 Å². The molecule has 0 heterocycles. The molecule has 0 aromatic heterocycles. The van der Waals surface area contributed by atoms with Gasteiger partial charge in [-0.25, -0.2) is 4.79 Å². The summed E-state index contributed by atoms with van der Waals surface area (Å²) in [6.07, 6.45) is -0.346. The number of ether oxygens (including phenoxy) is 2. The van der Waals surface area contributed by atoms with Gasteiger partial charge in [0, 0.05) is 22.8 Å². The number of hydrogen-bond acceptors (Lipinski definition) is 6. The Bertz CT molecular complexity index is 1020. The average molecular weight is 475 g/mol. The molecule has 2 rings (SSSR count). The topological polar surface area (TPSA) is 111 Å². The van der Waals surface area contributed by atoms with Crippen LogP contribution in [0.4, 0.5) is 11.4 Å². The van der Waals surface area contributed by atoms with E-state index in [1.807, 2.05) is 13.8 Å². The molecule has 0 saturated carbocycles. The van der Waals surface area contributed by atoms with Crippen molar-refractivity contribution in [2.45, 2.75) is 33.6 Å². The van der Waals surface area contributed by atoms with Crippen LogP contribution in [0.15, 0.2) is 42.5 Å². The first kappa shape index (κ1) is 25.9. The van der Waals surface area contributed by atoms with Crippen LogP contribution in [0.1, 0.15) is 42.6 Å². The molecule has 9 heteroatoms. The van der Waals surface area contributed by atoms with E-state index in [1.54, 1.807) is 43.3 Å². The number of halogens is 1. The number of carbonyl (C=O) groups excluding carboxylic acids is 4. The molecule has 0 fully saturated rings. The fourth-order valence-corrected chi connectivity index (χ4v) is 2.81. The average Bonchev–Trinajstić information content (AvgIpc) is 2.78. The van der Waals surface area contributed by atoms with E-state index >= 15 is 0 Å². The van der Waals surface area contributed by atoms with Gasteiger partial charge in [-0.05, 0) is 48.7 Å². The van der Waals surface area contributed by atoms with Crippen molar-refractivity contribution in [3.8, 4) is 0 Å². The van der Waals surface area contributed by atoms with Crippen LogP contribution in [0, 0.1) is 12.8 Å². The third kappa shape index (κ3) is 8.94. The van der Waals surface area contributed by atoms with Gasteiger partial charge in [0.2, 0.25) is 5.91 Å². The molecular formula is C24H27ClN2O6. The fraction of sp³-hybridized carbons (Fsp3) is 0.333. The molecule has 0 saturated heterocycles. The molecule has 0 bridgehead atoms. The standard InChI is InChI=1S/C24H27ClN2O6/c1-15(2)13-33-24(31)17-6-4-7-18(12-17)26-21(28)10-11-23(30)32-14-22(29)27-20-9-5-8-19(25)16(20)3/h4-9,12,15H,10-11,13-14H2,1-3H3,(H,26,28)(H,27,29). The van der Waals surface area contributed by atoms with E-state index in [2.05, 4.69) is 10.6 Å². The third-order valence-corrected chi connectivity index (χ3v) is 4.80. The van der Waals surface area contributed by atoms with Gasteiger partial charge in [-0.3, -0.25) is 14.4 Å². The minimum atomic E-state index is -0.686. The predicted octanol–water partition coefficient (Wildman–Crippen LogP) is 4.36. The fourth-order valence-electron chi connectivity index (χ4n) is 2.64. The minimum absolute atomic E-state index is 0.143. The van der Waals surface area contributed by atoms with E-state index in [9.17, 15) is 19.2 Å². The summed E-state index contributed by atoms with van der Waals surface area (Å²) in [5, 5.41) is 5.74. The summed E-state index contributed by atoms with van der Waals surface area (Å²) in [4.78, 5) is 48.0. The second kappa shape index (κ2) is 12.6. The predicted molar refractivity (Wildman–Crippen MR) is 125 cm³/mol. The van der Waals surface area contributed by atoms with E-state index in [1.165, 1.54) is 6.07 Å². The molecular weight excluding hydrogens is 448 g/mol. The highest BCUT2D eigenvalue weighted by molar-refractivity contribution is 6.31. The van der Waals surface area contributed by atoms with Gasteiger partial charge < -0.3 is 20.1 Å². The highest BCUT2D eigenvalue weighted by Gasteiger charge is 2.13. The number of anilines is 2. The lowest BCUT2D eigenvalue weighted by Gasteiger charge is -2.10. The largest absolute Gasteiger partial charge is 0.462 e. The van der Waals surface area contributed by atoms with Crippen molar-refractivity contribution < 1.29 is 28.7 Å². The number of carbonyl (C=O) groups is 4. The van der Waals surface area contributed by atoms with Gasteiger partial charge >= 0.3 is 11.9 Å². The summed E-state index contributed by atoms with van der Waals surface area (Å²) in [6.45, 7) is 5.44. The Morgan fingerprint density at radius 2 is 1.67 bits per heavy atom. The van der Waals surface area contributed by atoms with E-state index in [4.69, 9.17) is 21.1 Å². The van der Waals surface area contributed by atoms with Crippen LogP contribution in [-0.4, -0.2) is 37.0 Å². The van der Waals surface area contributed by atoms with Crippen LogP contribution >= 0.6 is 11.6 Å². The van der Waals surface area contributed by atoms with E-state index in [-0.39, 0.29) is 18.8 Å². The van der Waals surface area contributed by atoms with Crippen molar-refractivity contribution in [3.05, 3.63) is 58.6 Å². The molecule has 2 aromatic carbocycles. The number of esters is 2. The molecule has 33 heavy (non-hydrogen) atoms. The van der Waals surface area contributed by atoms with Crippen LogP contribution in [0.5, 0.6) is 0 Å². The lowest BCUT2D eigenvalue weighted by Crippen LogP contribution is -2.22. The van der Waals surface area contributed by atoms with Gasteiger partial charge in [0.1, 0.15) is 0 Å². The maximum absolute atomic E-state index is 12.1. The van der Waals surface area contributed by atoms with Gasteiger partial charge in [-0.1, -0.05) is 37.6 Å². The van der Waals surface area contributed by atoms with Crippen molar-refractivity contribution in [2.75, 3.05) is 23.8 Å². The molecule has 2 aromatic rings. The number of nitrogens with one attached hydrogen (secondary N) is 2. The van der Waals surface area contributed by atoms with Gasteiger partial charge in [0.15, 0.2) is 6.61 Å². The van der Waals surface area contributed by atoms with Crippen LogP contribution in [-0.2, 0) is 23.9 Å². The summed E-state index contributed by atoms with van der Waals surface area (Å²) in [5.41, 5.74) is 1.95. The summed E-state index contributed by atoms with van der Waals surface area (Å²) < 4.78 is 10.1. The molecule has 176 valence electrons. The number of benzene rings is 2. The highest BCUT2D eigenvalue weighted by atomic mass is 35.5. The molecule has 0 radical (unpaired) electrons. The Morgan fingerprint density at radius 3 is 2.39 bits per heavy atom. The van der Waals surface area contributed by atoms with E-state index < -0.39 is 30.4 Å². The first-order chi connectivity index (χ1) is 15.7. The number of hydrogen-bond donors (Lipinski definition) is 2. The Balaban J connectivity index is 1.75. The summed E-state index contributed by atoms with van der Waals surface area (Å²) in [7, 11) is 0. The zero-order valence-corrected chi connectivity index (χ0v) is 19.5. The molecule has 0 spiro atoms. The molecule has 0 unspecified atom stereocenters. The van der Waals surface area contributed by atoms with Crippen LogP contribution in [0.25, 0.3) is 0 Å². The summed E-state index contributed by atoms with van der Waals surface area (Å²) >= 11 is 6.01. The molecule has 0 aliphatic heterocycles. The Morgan fingerprint density at radius 1 is 0.939 bits per heavy atom. The van der Waals surface area contributed by atoms with Crippen molar-refractivity contribution in [2.24, 2.45) is 5.92 Å². The molecule has 0 aliphatic carbocycles. The Labute approximate surface area is 197 Å². The zero-order valence-electron chi connectivity index (χ0n) is 18.8. The normalized spacial score (nSPS) is 10.5. The third-order valence-electron chi connectivity index (χ3n) is 4.39. The maximum atomic E-state index is 12.1. The summed E-state index contributed by atoms with van der Waals surface area (Å²) in [6, 6.07) is 11.4. The number of rotatable bonds is 10. The van der Waals surface area contributed by atoms with Crippen LogP contribution in [0.3, 0.4) is 0 Å². The smallest absolute Gasteiger partial charge is 0.338 e. The van der Waals surface area contributed by atoms with E-state index in [0.717, 1.165) is 0 Å². The van der Waals surface area contributed by atoms with Crippen molar-refractivity contribution >= 4 is 46.7 Å². The SMILES string of the molecule is Cc1c(Cl)cccc1NC(=O)COC(=O)CCC(=O)Nc1cccc(C(=O)OCC(C)C)c1.